The molecule has 0 aromatic rings. The Hall–Kier alpha value is -1.52. The highest BCUT2D eigenvalue weighted by Gasteiger charge is 2.36. The van der Waals surface area contributed by atoms with E-state index in [9.17, 15) is 9.59 Å². The predicted molar refractivity (Wildman–Crippen MR) is 67.0 cm³/mol. The quantitative estimate of drug-likeness (QED) is 0.605. The van der Waals surface area contributed by atoms with Crippen LogP contribution in [0.3, 0.4) is 0 Å². The molecule has 0 radical (unpaired) electrons. The van der Waals surface area contributed by atoms with Crippen LogP contribution in [0.1, 0.15) is 34.1 Å². The number of hydrogen-bond acceptors (Lipinski definition) is 4. The molecule has 0 bridgehead atoms. The SMILES string of the molecule is COC(=O)[C@@H]1C=C[C@@](C)(NC(=O)OC(C)(C)C)C1. The van der Waals surface area contributed by atoms with Crippen molar-refractivity contribution in [2.45, 2.75) is 45.3 Å². The third-order valence-corrected chi connectivity index (χ3v) is 2.63. The maximum absolute atomic E-state index is 11.7. The lowest BCUT2D eigenvalue weighted by atomic mass is 9.97. The van der Waals surface area contributed by atoms with Gasteiger partial charge >= 0.3 is 12.1 Å². The zero-order chi connectivity index (χ0) is 14.0. The van der Waals surface area contributed by atoms with Crippen molar-refractivity contribution in [2.75, 3.05) is 7.11 Å². The maximum atomic E-state index is 11.7. The fourth-order valence-electron chi connectivity index (χ4n) is 1.86. The normalized spacial score (nSPS) is 26.8. The summed E-state index contributed by atoms with van der Waals surface area (Å²) >= 11 is 0. The lowest BCUT2D eigenvalue weighted by molar-refractivity contribution is -0.144. The number of rotatable bonds is 2. The zero-order valence-corrected chi connectivity index (χ0v) is 11.6. The summed E-state index contributed by atoms with van der Waals surface area (Å²) in [6.07, 6.45) is 3.56. The third-order valence-electron chi connectivity index (χ3n) is 2.63. The lowest BCUT2D eigenvalue weighted by Crippen LogP contribution is -2.46. The molecule has 1 aliphatic rings. The van der Waals surface area contributed by atoms with Crippen molar-refractivity contribution in [1.82, 2.24) is 5.32 Å². The number of amides is 1. The molecular formula is C13H21NO4. The molecule has 102 valence electrons. The molecule has 0 saturated carbocycles. The molecule has 0 aliphatic heterocycles. The molecular weight excluding hydrogens is 234 g/mol. The Bertz CT molecular complexity index is 370. The smallest absolute Gasteiger partial charge is 0.408 e. The number of alkyl carbamates (subject to hydrolysis) is 1. The minimum Gasteiger partial charge on any atom is -0.469 e. The second-order valence-corrected chi connectivity index (χ2v) is 5.74. The predicted octanol–water partition coefficient (Wildman–Crippen LogP) is 2.02. The van der Waals surface area contributed by atoms with Crippen molar-refractivity contribution in [1.29, 1.82) is 0 Å². The van der Waals surface area contributed by atoms with Gasteiger partial charge in [0.2, 0.25) is 0 Å². The van der Waals surface area contributed by atoms with Crippen molar-refractivity contribution < 1.29 is 19.1 Å². The van der Waals surface area contributed by atoms with Gasteiger partial charge in [0.1, 0.15) is 5.60 Å². The summed E-state index contributed by atoms with van der Waals surface area (Å²) in [5.41, 5.74) is -1.11. The first-order valence-electron chi connectivity index (χ1n) is 5.93. The summed E-state index contributed by atoms with van der Waals surface area (Å²) in [5, 5.41) is 2.76. The van der Waals surface area contributed by atoms with Crippen LogP contribution in [-0.2, 0) is 14.3 Å². The first kappa shape index (κ1) is 14.5. The van der Waals surface area contributed by atoms with Crippen LogP contribution in [0, 0.1) is 5.92 Å². The van der Waals surface area contributed by atoms with Crippen LogP contribution in [0.15, 0.2) is 12.2 Å². The van der Waals surface area contributed by atoms with Gasteiger partial charge in [0.25, 0.3) is 0 Å². The van der Waals surface area contributed by atoms with Gasteiger partial charge < -0.3 is 14.8 Å². The van der Waals surface area contributed by atoms with Crippen LogP contribution < -0.4 is 5.32 Å². The largest absolute Gasteiger partial charge is 0.469 e. The van der Waals surface area contributed by atoms with Crippen LogP contribution in [0.25, 0.3) is 0 Å². The van der Waals surface area contributed by atoms with Gasteiger partial charge in [0, 0.05) is 0 Å². The molecule has 1 aliphatic carbocycles. The standard InChI is InChI=1S/C13H21NO4/c1-12(2,3)18-11(16)14-13(4)7-6-9(8-13)10(15)17-5/h6-7,9H,8H2,1-5H3,(H,14,16)/t9-,13-/m1/s1. The second-order valence-electron chi connectivity index (χ2n) is 5.74. The summed E-state index contributed by atoms with van der Waals surface area (Å²) in [7, 11) is 1.35. The average molecular weight is 255 g/mol. The summed E-state index contributed by atoms with van der Waals surface area (Å²) in [6.45, 7) is 7.25. The van der Waals surface area contributed by atoms with Gasteiger partial charge in [-0.25, -0.2) is 4.79 Å². The monoisotopic (exact) mass is 255 g/mol. The van der Waals surface area contributed by atoms with E-state index < -0.39 is 17.2 Å². The molecule has 1 amide bonds. The van der Waals surface area contributed by atoms with Crippen LogP contribution in [0.2, 0.25) is 0 Å². The van der Waals surface area contributed by atoms with E-state index in [1.165, 1.54) is 7.11 Å². The fraction of sp³-hybridized carbons (Fsp3) is 0.692. The van der Waals surface area contributed by atoms with E-state index in [1.54, 1.807) is 32.9 Å². The number of carbonyl (C=O) groups is 2. The maximum Gasteiger partial charge on any atom is 0.408 e. The van der Waals surface area contributed by atoms with Crippen molar-refractivity contribution in [3.8, 4) is 0 Å². The van der Waals surface area contributed by atoms with E-state index in [2.05, 4.69) is 10.1 Å². The first-order chi connectivity index (χ1) is 8.15. The van der Waals surface area contributed by atoms with E-state index in [1.807, 2.05) is 6.92 Å². The Kier molecular flexibility index (Phi) is 4.04. The zero-order valence-electron chi connectivity index (χ0n) is 11.6. The van der Waals surface area contributed by atoms with Crippen molar-refractivity contribution >= 4 is 12.1 Å². The number of carbonyl (C=O) groups excluding carboxylic acids is 2. The van der Waals surface area contributed by atoms with Gasteiger partial charge in [-0.2, -0.15) is 0 Å². The van der Waals surface area contributed by atoms with Crippen molar-refractivity contribution in [2.24, 2.45) is 5.92 Å². The Morgan fingerprint density at radius 3 is 2.50 bits per heavy atom. The molecule has 2 atom stereocenters. The molecule has 1 N–H and O–H groups in total. The molecule has 0 aromatic carbocycles. The van der Waals surface area contributed by atoms with Crippen LogP contribution >= 0.6 is 0 Å². The topological polar surface area (TPSA) is 64.6 Å². The molecule has 18 heavy (non-hydrogen) atoms. The first-order valence-corrected chi connectivity index (χ1v) is 5.93. The fourth-order valence-corrected chi connectivity index (χ4v) is 1.86. The Labute approximate surface area is 108 Å². The summed E-state index contributed by atoms with van der Waals surface area (Å²) in [6, 6.07) is 0. The highest BCUT2D eigenvalue weighted by atomic mass is 16.6. The molecule has 0 saturated heterocycles. The highest BCUT2D eigenvalue weighted by molar-refractivity contribution is 5.76. The summed E-state index contributed by atoms with van der Waals surface area (Å²) in [5.74, 6) is -0.601. The van der Waals surface area contributed by atoms with E-state index >= 15 is 0 Å². The van der Waals surface area contributed by atoms with Crippen molar-refractivity contribution in [3.63, 3.8) is 0 Å². The number of esters is 1. The molecule has 0 spiro atoms. The number of ether oxygens (including phenoxy) is 2. The minimum atomic E-state index is -0.568. The van der Waals surface area contributed by atoms with Crippen LogP contribution in [0.5, 0.6) is 0 Å². The van der Waals surface area contributed by atoms with Gasteiger partial charge in [-0.05, 0) is 34.1 Å². The third kappa shape index (κ3) is 4.05. The van der Waals surface area contributed by atoms with Crippen molar-refractivity contribution in [3.05, 3.63) is 12.2 Å². The Morgan fingerprint density at radius 2 is 2.00 bits per heavy atom. The second kappa shape index (κ2) is 5.00. The molecule has 5 heteroatoms. The number of hydrogen-bond donors (Lipinski definition) is 1. The molecule has 1 rings (SSSR count). The number of methoxy groups -OCH3 is 1. The van der Waals surface area contributed by atoms with Gasteiger partial charge in [-0.3, -0.25) is 4.79 Å². The van der Waals surface area contributed by atoms with Gasteiger partial charge in [-0.1, -0.05) is 12.2 Å². The van der Waals surface area contributed by atoms with E-state index in [4.69, 9.17) is 4.74 Å². The summed E-state index contributed by atoms with van der Waals surface area (Å²) < 4.78 is 9.87. The minimum absolute atomic E-state index is 0.291. The molecule has 0 heterocycles. The molecule has 5 nitrogen and oxygen atoms in total. The van der Waals surface area contributed by atoms with Gasteiger partial charge in [0.05, 0.1) is 18.6 Å². The van der Waals surface area contributed by atoms with E-state index in [0.717, 1.165) is 0 Å². The van der Waals surface area contributed by atoms with E-state index in [0.29, 0.717) is 6.42 Å². The average Bonchev–Trinajstić information content (AvgIpc) is 2.56. The van der Waals surface area contributed by atoms with Gasteiger partial charge in [-0.15, -0.1) is 0 Å². The summed E-state index contributed by atoms with van der Waals surface area (Å²) in [4.78, 5) is 23.1. The van der Waals surface area contributed by atoms with Crippen LogP contribution in [0.4, 0.5) is 4.79 Å². The Morgan fingerprint density at radius 1 is 1.39 bits per heavy atom. The number of nitrogens with one attached hydrogen (secondary N) is 1. The van der Waals surface area contributed by atoms with Crippen LogP contribution in [-0.4, -0.2) is 30.3 Å². The highest BCUT2D eigenvalue weighted by Crippen LogP contribution is 2.28. The van der Waals surface area contributed by atoms with Gasteiger partial charge in [0.15, 0.2) is 0 Å². The van der Waals surface area contributed by atoms with E-state index in [-0.39, 0.29) is 11.9 Å². The molecule has 0 unspecified atom stereocenters. The Balaban J connectivity index is 2.56. The lowest BCUT2D eigenvalue weighted by Gasteiger charge is -2.27. The molecule has 0 fully saturated rings. The molecule has 0 aromatic heterocycles.